The van der Waals surface area contributed by atoms with Crippen molar-refractivity contribution < 1.29 is 33.9 Å². The summed E-state index contributed by atoms with van der Waals surface area (Å²) in [5.41, 5.74) is 5.87. The smallest absolute Gasteiger partial charge is 0.330 e. The van der Waals surface area contributed by atoms with Crippen LogP contribution in [0.1, 0.15) is 12.6 Å². The van der Waals surface area contributed by atoms with Gasteiger partial charge in [-0.2, -0.15) is 0 Å². The van der Waals surface area contributed by atoms with E-state index in [0.717, 1.165) is 22.5 Å². The predicted molar refractivity (Wildman–Crippen MR) is 106 cm³/mol. The number of carboxylic acid groups (broad SMARTS) is 1. The Bertz CT molecular complexity index is 960. The van der Waals surface area contributed by atoms with Gasteiger partial charge >= 0.3 is 11.9 Å². The number of fused-ring (bicyclic) bond motifs is 1. The first-order valence-corrected chi connectivity index (χ1v) is 10.3. The molecule has 14 heteroatoms. The highest BCUT2D eigenvalue weighted by atomic mass is 32.2. The number of thioether (sulfide) groups is 1. The number of aromatic nitrogens is 1. The van der Waals surface area contributed by atoms with Crippen LogP contribution in [-0.4, -0.2) is 74.8 Å². The molecule has 0 saturated carbocycles. The fraction of sp³-hybridized carbons (Fsp3) is 0.375. The number of esters is 1. The normalized spacial score (nSPS) is 24.7. The zero-order valence-corrected chi connectivity index (χ0v) is 17.4. The number of carboxylic acids is 1. The molecule has 0 aliphatic carbocycles. The number of rotatable bonds is 6. The van der Waals surface area contributed by atoms with E-state index in [9.17, 15) is 24.3 Å². The summed E-state index contributed by atoms with van der Waals surface area (Å²) in [4.78, 5) is 57.8. The summed E-state index contributed by atoms with van der Waals surface area (Å²) in [6.07, 6.45) is 1.06. The number of oxime groups is 1. The summed E-state index contributed by atoms with van der Waals surface area (Å²) < 4.78 is 4.77. The first kappa shape index (κ1) is 21.6. The molecule has 12 nitrogen and oxygen atoms in total. The second kappa shape index (κ2) is 8.71. The van der Waals surface area contributed by atoms with E-state index in [1.54, 1.807) is 0 Å². The zero-order valence-electron chi connectivity index (χ0n) is 15.7. The van der Waals surface area contributed by atoms with Crippen molar-refractivity contribution in [1.82, 2.24) is 15.2 Å². The number of carbonyl (C=O) groups is 4. The van der Waals surface area contributed by atoms with Gasteiger partial charge in [0, 0.05) is 23.6 Å². The molecule has 2 unspecified atom stereocenters. The second-order valence-electron chi connectivity index (χ2n) is 6.13. The lowest BCUT2D eigenvalue weighted by Crippen LogP contribution is -2.75. The Morgan fingerprint density at radius 2 is 2.20 bits per heavy atom. The molecule has 4 N–H and O–H groups in total. The van der Waals surface area contributed by atoms with Crippen LogP contribution in [0.25, 0.3) is 0 Å². The quantitative estimate of drug-likeness (QED) is 0.165. The van der Waals surface area contributed by atoms with Gasteiger partial charge in [-0.1, -0.05) is 5.16 Å². The molecule has 2 fully saturated rings. The Hall–Kier alpha value is -3.13. The molecular weight excluding hydrogens is 438 g/mol. The number of hydrogen-bond donors (Lipinski definition) is 3. The average Bonchev–Trinajstić information content (AvgIpc) is 3.13. The number of thiazole rings is 1. The van der Waals surface area contributed by atoms with Crippen LogP contribution in [0.15, 0.2) is 22.4 Å². The lowest BCUT2D eigenvalue weighted by molar-refractivity contribution is -0.160. The highest BCUT2D eigenvalue weighted by molar-refractivity contribution is 8.00. The minimum absolute atomic E-state index is 0.164. The van der Waals surface area contributed by atoms with E-state index >= 15 is 0 Å². The number of nitrogen functional groups attached to an aromatic ring is 1. The number of ether oxygens (including phenoxy) is 1. The van der Waals surface area contributed by atoms with Gasteiger partial charge in [-0.15, -0.1) is 23.1 Å². The molecule has 2 amide bonds. The van der Waals surface area contributed by atoms with Gasteiger partial charge in [0.15, 0.2) is 16.9 Å². The maximum absolute atomic E-state index is 12.7. The van der Waals surface area contributed by atoms with Gasteiger partial charge in [-0.25, -0.2) is 9.78 Å². The summed E-state index contributed by atoms with van der Waals surface area (Å²) in [6, 6.07) is -2.25. The Labute approximate surface area is 178 Å². The van der Waals surface area contributed by atoms with E-state index in [1.165, 1.54) is 31.2 Å². The Balaban J connectivity index is 1.76. The molecule has 30 heavy (non-hydrogen) atoms. The van der Waals surface area contributed by atoms with Gasteiger partial charge in [0.05, 0.1) is 6.26 Å². The van der Waals surface area contributed by atoms with Crippen molar-refractivity contribution in [3.63, 3.8) is 0 Å². The Kier molecular flexibility index (Phi) is 6.26. The molecule has 2 aliphatic heterocycles. The summed E-state index contributed by atoms with van der Waals surface area (Å²) in [5.74, 6) is -2.97. The van der Waals surface area contributed by atoms with Crippen molar-refractivity contribution >= 4 is 57.7 Å². The number of β-lactam (4-membered cyclic amide) rings is 1. The van der Waals surface area contributed by atoms with Crippen molar-refractivity contribution in [1.29, 1.82) is 0 Å². The molecule has 1 aromatic heterocycles. The number of amides is 2. The van der Waals surface area contributed by atoms with Crippen LogP contribution in [0.3, 0.4) is 0 Å². The number of nitrogens with two attached hydrogens (primary N) is 1. The Morgan fingerprint density at radius 3 is 2.77 bits per heavy atom. The monoisotopic (exact) mass is 455 g/mol. The van der Waals surface area contributed by atoms with Gasteiger partial charge in [0.25, 0.3) is 5.91 Å². The predicted octanol–water partition coefficient (Wildman–Crippen LogP) is -0.624. The second-order valence-corrected chi connectivity index (χ2v) is 8.13. The summed E-state index contributed by atoms with van der Waals surface area (Å²) >= 11 is 2.34. The third kappa shape index (κ3) is 4.09. The van der Waals surface area contributed by atoms with Gasteiger partial charge < -0.3 is 30.6 Å². The molecule has 0 aromatic carbocycles. The maximum Gasteiger partial charge on any atom is 0.330 e. The number of anilines is 1. The Morgan fingerprint density at radius 1 is 1.47 bits per heavy atom. The maximum atomic E-state index is 12.7. The van der Waals surface area contributed by atoms with E-state index in [4.69, 9.17) is 10.5 Å². The van der Waals surface area contributed by atoms with Crippen LogP contribution in [-0.2, 0) is 28.8 Å². The fourth-order valence-corrected chi connectivity index (χ4v) is 4.85. The number of nitrogens with zero attached hydrogens (tertiary/aromatic N) is 3. The number of aliphatic carboxylic acids is 1. The molecule has 2 saturated heterocycles. The SMILES string of the molecule is CON=C(C(=O)NC1C(=O)N2C(C(=O)O)C(=COC(C)=O)CS[C@H]12)c1csc(N)n1. The first-order chi connectivity index (χ1) is 14.2. The molecule has 0 radical (unpaired) electrons. The van der Waals surface area contributed by atoms with Crippen molar-refractivity contribution in [3.05, 3.63) is 22.9 Å². The summed E-state index contributed by atoms with van der Waals surface area (Å²) in [6.45, 7) is 1.18. The van der Waals surface area contributed by atoms with E-state index in [0.29, 0.717) is 0 Å². The molecular formula is C16H17N5O7S2. The van der Waals surface area contributed by atoms with E-state index in [2.05, 4.69) is 20.3 Å². The zero-order chi connectivity index (χ0) is 22.0. The van der Waals surface area contributed by atoms with Crippen molar-refractivity contribution in [2.45, 2.75) is 24.4 Å². The average molecular weight is 455 g/mol. The van der Waals surface area contributed by atoms with E-state index in [-0.39, 0.29) is 27.9 Å². The van der Waals surface area contributed by atoms with E-state index in [1.807, 2.05) is 0 Å². The molecule has 0 spiro atoms. The van der Waals surface area contributed by atoms with Crippen LogP contribution in [0, 0.1) is 0 Å². The first-order valence-electron chi connectivity index (χ1n) is 8.40. The molecule has 1 aromatic rings. The number of nitrogens with one attached hydrogen (secondary N) is 1. The lowest BCUT2D eigenvalue weighted by atomic mass is 9.98. The van der Waals surface area contributed by atoms with Crippen LogP contribution < -0.4 is 11.1 Å². The minimum Gasteiger partial charge on any atom is -0.479 e. The topological polar surface area (TPSA) is 174 Å². The van der Waals surface area contributed by atoms with Crippen LogP contribution >= 0.6 is 23.1 Å². The fourth-order valence-electron chi connectivity index (χ4n) is 2.95. The van der Waals surface area contributed by atoms with E-state index < -0.39 is 41.2 Å². The van der Waals surface area contributed by atoms with Crippen molar-refractivity contribution in [2.75, 3.05) is 18.6 Å². The van der Waals surface area contributed by atoms with Crippen molar-refractivity contribution in [3.8, 4) is 0 Å². The van der Waals surface area contributed by atoms with Gasteiger partial charge in [0.1, 0.15) is 24.2 Å². The number of hydrogen-bond acceptors (Lipinski definition) is 11. The van der Waals surface area contributed by atoms with Crippen LogP contribution in [0.4, 0.5) is 5.13 Å². The standard InChI is InChI=1S/C16H17N5O7S2/c1-6(22)28-3-7-4-29-14-10(13(24)21(14)11(7)15(25)26)19-12(23)9(20-27-2)8-5-30-16(17)18-8/h3,5,10-11,14H,4H2,1-2H3,(H2,17,18)(H,19,23)(H,25,26)/t10?,11?,14-/m1/s1. The van der Waals surface area contributed by atoms with Gasteiger partial charge in [-0.3, -0.25) is 14.4 Å². The summed E-state index contributed by atoms with van der Waals surface area (Å²) in [5, 5.41) is 16.9. The largest absolute Gasteiger partial charge is 0.479 e. The molecule has 2 aliphatic rings. The molecule has 0 bridgehead atoms. The summed E-state index contributed by atoms with van der Waals surface area (Å²) in [7, 11) is 1.25. The molecule has 3 atom stereocenters. The van der Waals surface area contributed by atoms with Gasteiger partial charge in [0.2, 0.25) is 5.91 Å². The molecule has 3 heterocycles. The minimum atomic E-state index is -1.29. The third-order valence-electron chi connectivity index (χ3n) is 4.19. The van der Waals surface area contributed by atoms with Crippen molar-refractivity contribution in [2.24, 2.45) is 5.16 Å². The lowest BCUT2D eigenvalue weighted by Gasteiger charge is -2.52. The highest BCUT2D eigenvalue weighted by Gasteiger charge is 2.57. The van der Waals surface area contributed by atoms with Crippen LogP contribution in [0.5, 0.6) is 0 Å². The third-order valence-corrected chi connectivity index (χ3v) is 6.20. The molecule has 160 valence electrons. The van der Waals surface area contributed by atoms with Crippen LogP contribution in [0.2, 0.25) is 0 Å². The number of carbonyl (C=O) groups excluding carboxylic acids is 3. The highest BCUT2D eigenvalue weighted by Crippen LogP contribution is 2.40. The molecule has 3 rings (SSSR count). The van der Waals surface area contributed by atoms with Gasteiger partial charge in [-0.05, 0) is 0 Å².